The van der Waals surface area contributed by atoms with Gasteiger partial charge in [0.05, 0.1) is 11.3 Å². The molecule has 0 amide bonds. The second-order valence-corrected chi connectivity index (χ2v) is 3.57. The number of carboxylic acid groups (broad SMARTS) is 1. The van der Waals surface area contributed by atoms with Gasteiger partial charge in [-0.25, -0.2) is 0 Å². The monoisotopic (exact) mass is 216 g/mol. The van der Waals surface area contributed by atoms with Gasteiger partial charge in [0.1, 0.15) is 0 Å². The number of aliphatic carboxylic acids is 1. The van der Waals surface area contributed by atoms with E-state index in [9.17, 15) is 14.9 Å². The van der Waals surface area contributed by atoms with E-state index in [1.54, 1.807) is 0 Å². The zero-order valence-electron chi connectivity index (χ0n) is 7.04. The number of carbonyl (C=O) groups is 1. The van der Waals surface area contributed by atoms with Crippen molar-refractivity contribution in [3.63, 3.8) is 0 Å². The number of nitro groups is 1. The summed E-state index contributed by atoms with van der Waals surface area (Å²) in [4.78, 5) is 20.1. The quantitative estimate of drug-likeness (QED) is 0.579. The van der Waals surface area contributed by atoms with Crippen molar-refractivity contribution in [1.82, 2.24) is 0 Å². The van der Waals surface area contributed by atoms with E-state index in [0.29, 0.717) is 5.56 Å². The molecule has 1 aromatic heterocycles. The predicted molar refractivity (Wildman–Crippen MR) is 50.2 cm³/mol. The average Bonchev–Trinajstić information content (AvgIpc) is 2.50. The maximum atomic E-state index is 10.3. The minimum atomic E-state index is -1.02. The van der Waals surface area contributed by atoms with E-state index in [2.05, 4.69) is 0 Å². The van der Waals surface area contributed by atoms with Crippen LogP contribution in [0.2, 0.25) is 0 Å². The summed E-state index contributed by atoms with van der Waals surface area (Å²) >= 11 is 0.941. The lowest BCUT2D eigenvalue weighted by atomic mass is 10.1. The molecule has 14 heavy (non-hydrogen) atoms. The minimum absolute atomic E-state index is 0.0270. The van der Waals surface area contributed by atoms with Gasteiger partial charge in [0.15, 0.2) is 0 Å². The molecule has 0 spiro atoms. The summed E-state index contributed by atoms with van der Waals surface area (Å²) < 4.78 is 0. The van der Waals surface area contributed by atoms with Crippen LogP contribution >= 0.6 is 11.3 Å². The Hall–Kier alpha value is -1.47. The maximum Gasteiger partial charge on any atom is 0.324 e. The molecule has 1 atom stereocenters. The Morgan fingerprint density at radius 1 is 1.79 bits per heavy atom. The summed E-state index contributed by atoms with van der Waals surface area (Å²) in [5.74, 6) is -1.02. The Morgan fingerprint density at radius 2 is 2.43 bits per heavy atom. The Labute approximate surface area is 83.1 Å². The predicted octanol–water partition coefficient (Wildman–Crippen LogP) is 1.13. The van der Waals surface area contributed by atoms with Gasteiger partial charge in [-0.3, -0.25) is 14.9 Å². The van der Waals surface area contributed by atoms with Gasteiger partial charge in [-0.2, -0.15) is 0 Å². The molecule has 7 heteroatoms. The molecule has 0 aromatic carbocycles. The van der Waals surface area contributed by atoms with Crippen LogP contribution in [0.4, 0.5) is 5.00 Å². The van der Waals surface area contributed by atoms with Crippen LogP contribution in [0.15, 0.2) is 11.4 Å². The van der Waals surface area contributed by atoms with Crippen LogP contribution in [0.3, 0.4) is 0 Å². The van der Waals surface area contributed by atoms with Gasteiger partial charge in [-0.05, 0) is 5.56 Å². The van der Waals surface area contributed by atoms with E-state index >= 15 is 0 Å². The van der Waals surface area contributed by atoms with Crippen molar-refractivity contribution in [2.75, 3.05) is 0 Å². The Bertz CT molecular complexity index is 362. The first-order valence-corrected chi connectivity index (χ1v) is 4.59. The van der Waals surface area contributed by atoms with E-state index < -0.39 is 16.9 Å². The van der Waals surface area contributed by atoms with E-state index in [1.807, 2.05) is 0 Å². The highest BCUT2D eigenvalue weighted by molar-refractivity contribution is 7.13. The van der Waals surface area contributed by atoms with Crippen molar-refractivity contribution in [2.45, 2.75) is 12.5 Å². The summed E-state index contributed by atoms with van der Waals surface area (Å²) in [7, 11) is 0. The van der Waals surface area contributed by atoms with Crippen LogP contribution in [0, 0.1) is 10.1 Å². The summed E-state index contributed by atoms with van der Waals surface area (Å²) in [5.41, 5.74) is 6.00. The van der Waals surface area contributed by atoms with E-state index in [-0.39, 0.29) is 11.4 Å². The number of hydrogen-bond acceptors (Lipinski definition) is 5. The molecule has 1 rings (SSSR count). The molecule has 0 saturated carbocycles. The Kier molecular flexibility index (Phi) is 3.15. The summed E-state index contributed by atoms with van der Waals surface area (Å²) in [6.07, 6.45) is -0.228. The molecular formula is C7H8N2O4S. The molecule has 0 aliphatic carbocycles. The van der Waals surface area contributed by atoms with Crippen LogP contribution in [0.25, 0.3) is 0 Å². The second-order valence-electron chi connectivity index (χ2n) is 2.68. The number of nitrogens with two attached hydrogens (primary N) is 1. The zero-order chi connectivity index (χ0) is 10.7. The van der Waals surface area contributed by atoms with Crippen molar-refractivity contribution in [2.24, 2.45) is 5.73 Å². The summed E-state index contributed by atoms with van der Waals surface area (Å²) in [6.45, 7) is 0. The fourth-order valence-corrected chi connectivity index (χ4v) is 1.73. The Morgan fingerprint density at radius 3 is 2.86 bits per heavy atom. The van der Waals surface area contributed by atoms with Gasteiger partial charge < -0.3 is 10.8 Å². The van der Waals surface area contributed by atoms with Gasteiger partial charge in [-0.15, -0.1) is 0 Å². The first-order valence-electron chi connectivity index (χ1n) is 3.71. The Balaban J connectivity index is 2.76. The average molecular weight is 216 g/mol. The molecule has 1 aromatic rings. The lowest BCUT2D eigenvalue weighted by Gasteiger charge is -2.04. The van der Waals surface area contributed by atoms with Gasteiger partial charge in [0.25, 0.3) is 0 Å². The van der Waals surface area contributed by atoms with Crippen LogP contribution < -0.4 is 5.73 Å². The third-order valence-corrected chi connectivity index (χ3v) is 2.51. The molecule has 3 N–H and O–H groups in total. The number of thiophene rings is 1. The fraction of sp³-hybridized carbons (Fsp3) is 0.286. The van der Waals surface area contributed by atoms with Gasteiger partial charge in [0.2, 0.25) is 0 Å². The topological polar surface area (TPSA) is 106 Å². The molecule has 0 saturated heterocycles. The third kappa shape index (κ3) is 2.51. The summed E-state index contributed by atoms with van der Waals surface area (Å²) in [5, 5.41) is 20.2. The molecule has 0 fully saturated rings. The van der Waals surface area contributed by atoms with Crippen LogP contribution in [-0.4, -0.2) is 16.0 Å². The summed E-state index contributed by atoms with van der Waals surface area (Å²) in [6, 6.07) is 0.621. The highest BCUT2D eigenvalue weighted by atomic mass is 32.1. The van der Waals surface area contributed by atoms with Crippen LogP contribution in [-0.2, 0) is 4.79 Å². The van der Waals surface area contributed by atoms with Crippen molar-refractivity contribution in [3.8, 4) is 0 Å². The standard InChI is InChI=1S/C7H8N2O4S/c8-5(2-7(10)11)4-1-6(9(12)13)14-3-4/h1,3,5H,2,8H2,(H,10,11). The molecule has 0 aliphatic heterocycles. The highest BCUT2D eigenvalue weighted by Crippen LogP contribution is 2.27. The largest absolute Gasteiger partial charge is 0.481 e. The lowest BCUT2D eigenvalue weighted by Crippen LogP contribution is -2.14. The molecule has 1 unspecified atom stereocenters. The molecule has 0 aliphatic rings. The van der Waals surface area contributed by atoms with E-state index in [4.69, 9.17) is 10.8 Å². The highest BCUT2D eigenvalue weighted by Gasteiger charge is 2.16. The number of hydrogen-bond donors (Lipinski definition) is 2. The van der Waals surface area contributed by atoms with Gasteiger partial charge in [-0.1, -0.05) is 11.3 Å². The van der Waals surface area contributed by atoms with Gasteiger partial charge in [0, 0.05) is 17.5 Å². The molecule has 1 heterocycles. The van der Waals surface area contributed by atoms with E-state index in [0.717, 1.165) is 11.3 Å². The minimum Gasteiger partial charge on any atom is -0.481 e. The van der Waals surface area contributed by atoms with Crippen molar-refractivity contribution in [1.29, 1.82) is 0 Å². The van der Waals surface area contributed by atoms with Gasteiger partial charge >= 0.3 is 11.0 Å². The molecule has 76 valence electrons. The first-order chi connectivity index (χ1) is 6.50. The molecule has 0 bridgehead atoms. The van der Waals surface area contributed by atoms with Crippen molar-refractivity contribution < 1.29 is 14.8 Å². The molecule has 0 radical (unpaired) electrons. The molecular weight excluding hydrogens is 208 g/mol. The fourth-order valence-electron chi connectivity index (χ4n) is 0.935. The maximum absolute atomic E-state index is 10.3. The lowest BCUT2D eigenvalue weighted by molar-refractivity contribution is -0.380. The first kappa shape index (κ1) is 10.6. The van der Waals surface area contributed by atoms with Crippen LogP contribution in [0.1, 0.15) is 18.0 Å². The number of carboxylic acids is 1. The normalized spacial score (nSPS) is 12.4. The number of rotatable bonds is 4. The molecule has 6 nitrogen and oxygen atoms in total. The van der Waals surface area contributed by atoms with Crippen molar-refractivity contribution in [3.05, 3.63) is 27.1 Å². The SMILES string of the molecule is NC(CC(=O)O)c1csc([N+](=O)[O-])c1. The second kappa shape index (κ2) is 4.16. The third-order valence-electron chi connectivity index (χ3n) is 1.61. The van der Waals surface area contributed by atoms with Crippen molar-refractivity contribution >= 4 is 22.3 Å². The van der Waals surface area contributed by atoms with E-state index in [1.165, 1.54) is 11.4 Å². The number of nitrogens with zero attached hydrogens (tertiary/aromatic N) is 1. The smallest absolute Gasteiger partial charge is 0.324 e. The zero-order valence-corrected chi connectivity index (χ0v) is 7.86. The van der Waals surface area contributed by atoms with Crippen LogP contribution in [0.5, 0.6) is 0 Å².